The molecular formula is C22H20N2O. The number of aliphatic hydroxyl groups excluding tert-OH is 1. The predicted octanol–water partition coefficient (Wildman–Crippen LogP) is 4.40. The van der Waals surface area contributed by atoms with Crippen LogP contribution in [0.3, 0.4) is 0 Å². The lowest BCUT2D eigenvalue weighted by Gasteiger charge is -2.20. The molecule has 3 aromatic carbocycles. The highest BCUT2D eigenvalue weighted by Gasteiger charge is 2.14. The molecule has 3 nitrogen and oxygen atoms in total. The molecule has 0 aliphatic rings. The average Bonchev–Trinajstić information content (AvgIpc) is 2.68. The van der Waals surface area contributed by atoms with Gasteiger partial charge in [0.1, 0.15) is 0 Å². The third kappa shape index (κ3) is 3.19. The van der Waals surface area contributed by atoms with Crippen molar-refractivity contribution in [1.29, 1.82) is 0 Å². The molecule has 1 atom stereocenters. The fourth-order valence-electron chi connectivity index (χ4n) is 3.26. The molecule has 0 aliphatic heterocycles. The molecule has 25 heavy (non-hydrogen) atoms. The van der Waals surface area contributed by atoms with Crippen molar-refractivity contribution in [3.63, 3.8) is 0 Å². The van der Waals surface area contributed by atoms with Crippen LogP contribution in [0.15, 0.2) is 78.9 Å². The second kappa shape index (κ2) is 6.91. The van der Waals surface area contributed by atoms with Crippen molar-refractivity contribution in [2.24, 2.45) is 0 Å². The van der Waals surface area contributed by atoms with Crippen LogP contribution in [0.25, 0.3) is 21.8 Å². The molecule has 124 valence electrons. The van der Waals surface area contributed by atoms with Gasteiger partial charge in [0.15, 0.2) is 0 Å². The van der Waals surface area contributed by atoms with Gasteiger partial charge in [-0.3, -0.25) is 0 Å². The number of hydrogen-bond acceptors (Lipinski definition) is 3. The fraction of sp³-hybridized carbons (Fsp3) is 0.136. The van der Waals surface area contributed by atoms with Gasteiger partial charge in [-0.25, -0.2) is 4.98 Å². The van der Waals surface area contributed by atoms with E-state index in [-0.39, 0.29) is 12.6 Å². The van der Waals surface area contributed by atoms with Crippen molar-refractivity contribution < 1.29 is 5.11 Å². The molecule has 0 unspecified atom stereocenters. The van der Waals surface area contributed by atoms with Crippen molar-refractivity contribution in [3.8, 4) is 0 Å². The van der Waals surface area contributed by atoms with Gasteiger partial charge in [-0.1, -0.05) is 66.7 Å². The summed E-state index contributed by atoms with van der Waals surface area (Å²) in [5.74, 6) is 0. The smallest absolute Gasteiger partial charge is 0.0730 e. The van der Waals surface area contributed by atoms with Gasteiger partial charge >= 0.3 is 0 Å². The number of aromatic nitrogens is 1. The summed E-state index contributed by atoms with van der Waals surface area (Å²) < 4.78 is 0. The molecule has 0 bridgehead atoms. The van der Waals surface area contributed by atoms with Crippen LogP contribution in [-0.2, 0) is 6.42 Å². The third-order valence-corrected chi connectivity index (χ3v) is 4.48. The Kier molecular flexibility index (Phi) is 4.32. The van der Waals surface area contributed by atoms with Gasteiger partial charge in [0.25, 0.3) is 0 Å². The predicted molar refractivity (Wildman–Crippen MR) is 104 cm³/mol. The number of anilines is 1. The number of aliphatic hydroxyl groups is 1. The maximum Gasteiger partial charge on any atom is 0.0730 e. The summed E-state index contributed by atoms with van der Waals surface area (Å²) in [5.41, 5.74) is 4.16. The fourth-order valence-corrected chi connectivity index (χ4v) is 3.26. The van der Waals surface area contributed by atoms with Crippen LogP contribution < -0.4 is 5.32 Å². The first-order chi connectivity index (χ1) is 12.3. The maximum atomic E-state index is 9.91. The highest BCUT2D eigenvalue weighted by atomic mass is 16.3. The van der Waals surface area contributed by atoms with Crippen LogP contribution in [-0.4, -0.2) is 22.7 Å². The summed E-state index contributed by atoms with van der Waals surface area (Å²) in [6.07, 6.45) is 0.766. The van der Waals surface area contributed by atoms with E-state index in [0.717, 1.165) is 33.9 Å². The number of nitrogens with zero attached hydrogens (tertiary/aromatic N) is 1. The van der Waals surface area contributed by atoms with Crippen molar-refractivity contribution >= 4 is 27.5 Å². The van der Waals surface area contributed by atoms with E-state index in [1.165, 1.54) is 5.56 Å². The van der Waals surface area contributed by atoms with Crippen molar-refractivity contribution in [3.05, 3.63) is 84.4 Å². The quantitative estimate of drug-likeness (QED) is 0.534. The van der Waals surface area contributed by atoms with Gasteiger partial charge in [0.05, 0.1) is 29.4 Å². The van der Waals surface area contributed by atoms with E-state index < -0.39 is 0 Å². The molecule has 2 N–H and O–H groups in total. The minimum absolute atomic E-state index is 0.0587. The molecule has 0 saturated carbocycles. The molecule has 0 spiro atoms. The van der Waals surface area contributed by atoms with Crippen LogP contribution in [0.5, 0.6) is 0 Å². The second-order valence-corrected chi connectivity index (χ2v) is 6.23. The Morgan fingerprint density at radius 2 is 1.32 bits per heavy atom. The Hall–Kier alpha value is -2.91. The molecular weight excluding hydrogens is 308 g/mol. The Labute approximate surface area is 147 Å². The summed E-state index contributed by atoms with van der Waals surface area (Å²) in [5, 5.41) is 15.6. The highest BCUT2D eigenvalue weighted by molar-refractivity contribution is 6.07. The van der Waals surface area contributed by atoms with E-state index >= 15 is 0 Å². The number of nitrogens with one attached hydrogen (secondary N) is 1. The van der Waals surface area contributed by atoms with E-state index in [1.807, 2.05) is 54.6 Å². The minimum atomic E-state index is -0.0587. The van der Waals surface area contributed by atoms with Gasteiger partial charge in [-0.15, -0.1) is 0 Å². The van der Waals surface area contributed by atoms with Gasteiger partial charge in [0.2, 0.25) is 0 Å². The number of fused-ring (bicyclic) bond motifs is 2. The van der Waals surface area contributed by atoms with Crippen molar-refractivity contribution in [2.45, 2.75) is 12.5 Å². The maximum absolute atomic E-state index is 9.91. The Balaban J connectivity index is 1.78. The summed E-state index contributed by atoms with van der Waals surface area (Å²) in [6.45, 7) is 0.0693. The average molecular weight is 328 g/mol. The first-order valence-electron chi connectivity index (χ1n) is 8.54. The molecule has 0 fully saturated rings. The lowest BCUT2D eigenvalue weighted by atomic mass is 10.0. The highest BCUT2D eigenvalue weighted by Crippen LogP contribution is 2.31. The van der Waals surface area contributed by atoms with E-state index in [4.69, 9.17) is 4.98 Å². The third-order valence-electron chi connectivity index (χ3n) is 4.48. The number of rotatable bonds is 5. The van der Waals surface area contributed by atoms with Gasteiger partial charge < -0.3 is 10.4 Å². The SMILES string of the molecule is OC[C@@H](Cc1ccccc1)Nc1c2ccccc2nc2ccccc12. The van der Waals surface area contributed by atoms with Gasteiger partial charge in [0, 0.05) is 10.8 Å². The Morgan fingerprint density at radius 3 is 1.92 bits per heavy atom. The molecule has 3 heteroatoms. The number of hydrogen-bond donors (Lipinski definition) is 2. The molecule has 0 amide bonds. The first kappa shape index (κ1) is 15.6. The van der Waals surface area contributed by atoms with E-state index in [2.05, 4.69) is 29.6 Å². The Morgan fingerprint density at radius 1 is 0.760 bits per heavy atom. The minimum Gasteiger partial charge on any atom is -0.394 e. The molecule has 1 heterocycles. The first-order valence-corrected chi connectivity index (χ1v) is 8.54. The van der Waals surface area contributed by atoms with Gasteiger partial charge in [-0.2, -0.15) is 0 Å². The summed E-state index contributed by atoms with van der Waals surface area (Å²) in [6, 6.07) is 26.4. The van der Waals surface area contributed by atoms with E-state index in [0.29, 0.717) is 0 Å². The summed E-state index contributed by atoms with van der Waals surface area (Å²) >= 11 is 0. The van der Waals surface area contributed by atoms with E-state index in [1.54, 1.807) is 0 Å². The molecule has 4 aromatic rings. The van der Waals surface area contributed by atoms with Crippen molar-refractivity contribution in [2.75, 3.05) is 11.9 Å². The molecule has 0 aliphatic carbocycles. The van der Waals surface area contributed by atoms with E-state index in [9.17, 15) is 5.11 Å². The monoisotopic (exact) mass is 328 g/mol. The summed E-state index contributed by atoms with van der Waals surface area (Å²) in [4.78, 5) is 4.75. The molecule has 0 radical (unpaired) electrons. The van der Waals surface area contributed by atoms with Gasteiger partial charge in [-0.05, 0) is 24.1 Å². The van der Waals surface area contributed by atoms with Crippen molar-refractivity contribution in [1.82, 2.24) is 4.98 Å². The number of benzene rings is 3. The Bertz CT molecular complexity index is 944. The molecule has 4 rings (SSSR count). The second-order valence-electron chi connectivity index (χ2n) is 6.23. The topological polar surface area (TPSA) is 45.1 Å². The zero-order chi connectivity index (χ0) is 17.1. The lowest BCUT2D eigenvalue weighted by molar-refractivity contribution is 0.274. The van der Waals surface area contributed by atoms with Crippen LogP contribution in [0.1, 0.15) is 5.56 Å². The van der Waals surface area contributed by atoms with Crippen LogP contribution in [0, 0.1) is 0 Å². The number of pyridine rings is 1. The van der Waals surface area contributed by atoms with Crippen LogP contribution >= 0.6 is 0 Å². The summed E-state index contributed by atoms with van der Waals surface area (Å²) in [7, 11) is 0. The molecule has 1 aromatic heterocycles. The zero-order valence-electron chi connectivity index (χ0n) is 13.9. The lowest BCUT2D eigenvalue weighted by Crippen LogP contribution is -2.26. The van der Waals surface area contributed by atoms with Crippen LogP contribution in [0.4, 0.5) is 5.69 Å². The zero-order valence-corrected chi connectivity index (χ0v) is 13.9. The standard InChI is InChI=1S/C22H20N2O/c25-15-17(14-16-8-2-1-3-9-16)23-22-18-10-4-6-12-20(18)24-21-13-7-5-11-19(21)22/h1-13,17,25H,14-15H2,(H,23,24)/t17-/m1/s1. The largest absolute Gasteiger partial charge is 0.394 e. The van der Waals surface area contributed by atoms with Crippen LogP contribution in [0.2, 0.25) is 0 Å². The normalized spacial score (nSPS) is 12.4. The number of para-hydroxylation sites is 2. The molecule has 0 saturated heterocycles.